The van der Waals surface area contributed by atoms with E-state index in [1.54, 1.807) is 4.90 Å². The molecule has 31 heavy (non-hydrogen) atoms. The highest BCUT2D eigenvalue weighted by Crippen LogP contribution is 2.37. The number of hydrogen-bond donors (Lipinski definition) is 1. The molecule has 0 saturated carbocycles. The molecule has 2 aromatic rings. The fourth-order valence-electron chi connectivity index (χ4n) is 4.09. The van der Waals surface area contributed by atoms with Crippen molar-refractivity contribution in [2.45, 2.75) is 12.8 Å². The van der Waals surface area contributed by atoms with Crippen molar-refractivity contribution < 1.29 is 24.0 Å². The number of nitro groups is 1. The zero-order chi connectivity index (χ0) is 22.1. The lowest BCUT2D eigenvalue weighted by molar-refractivity contribution is -0.384. The summed E-state index contributed by atoms with van der Waals surface area (Å²) in [6.45, 7) is 0.892. The predicted molar refractivity (Wildman–Crippen MR) is 110 cm³/mol. The van der Waals surface area contributed by atoms with Gasteiger partial charge in [0.25, 0.3) is 17.5 Å². The van der Waals surface area contributed by atoms with Gasteiger partial charge < -0.3 is 10.0 Å². The highest BCUT2D eigenvalue weighted by atomic mass is 19.1. The molecule has 1 unspecified atom stereocenters. The zero-order valence-electron chi connectivity index (χ0n) is 16.5. The van der Waals surface area contributed by atoms with Gasteiger partial charge in [0.2, 0.25) is 0 Å². The number of aliphatic hydroxyl groups excluding tert-OH is 1. The summed E-state index contributed by atoms with van der Waals surface area (Å²) in [5, 5.41) is 20.6. The molecule has 0 aliphatic carbocycles. The van der Waals surface area contributed by atoms with Crippen LogP contribution in [0, 0.1) is 21.8 Å². The number of non-ortho nitro benzene ring substituents is 1. The normalized spacial score (nSPS) is 19.4. The molecule has 0 bridgehead atoms. The Hall–Kier alpha value is -3.59. The van der Waals surface area contributed by atoms with Crippen LogP contribution in [0.1, 0.15) is 18.4 Å². The summed E-state index contributed by atoms with van der Waals surface area (Å²) in [5.41, 5.74) is 0.621. The SMILES string of the molecule is O=C1C(c2ccc([N+](=O)[O-])cc2)=C(N2CCCC(CO)C2)C(=O)N1c1cccc(F)c1. The Morgan fingerprint density at radius 1 is 1.13 bits per heavy atom. The second-order valence-electron chi connectivity index (χ2n) is 7.59. The topological polar surface area (TPSA) is 104 Å². The van der Waals surface area contributed by atoms with Crippen molar-refractivity contribution in [1.29, 1.82) is 0 Å². The highest BCUT2D eigenvalue weighted by Gasteiger charge is 2.43. The number of rotatable bonds is 5. The average Bonchev–Trinajstić information content (AvgIpc) is 3.03. The lowest BCUT2D eigenvalue weighted by Gasteiger charge is -2.34. The van der Waals surface area contributed by atoms with Gasteiger partial charge in [-0.1, -0.05) is 6.07 Å². The van der Waals surface area contributed by atoms with Crippen molar-refractivity contribution in [3.63, 3.8) is 0 Å². The summed E-state index contributed by atoms with van der Waals surface area (Å²) in [7, 11) is 0. The van der Waals surface area contributed by atoms with Gasteiger partial charge in [0.1, 0.15) is 11.5 Å². The van der Waals surface area contributed by atoms with Crippen LogP contribution in [0.4, 0.5) is 15.8 Å². The number of aliphatic hydroxyl groups is 1. The van der Waals surface area contributed by atoms with Gasteiger partial charge in [-0.05, 0) is 54.7 Å². The van der Waals surface area contributed by atoms with Gasteiger partial charge in [-0.2, -0.15) is 0 Å². The van der Waals surface area contributed by atoms with Gasteiger partial charge >= 0.3 is 0 Å². The number of nitro benzene ring substituents is 1. The molecule has 2 amide bonds. The van der Waals surface area contributed by atoms with Crippen LogP contribution in [0.25, 0.3) is 5.57 Å². The van der Waals surface area contributed by atoms with E-state index >= 15 is 0 Å². The van der Waals surface area contributed by atoms with E-state index in [0.717, 1.165) is 23.8 Å². The number of hydrogen-bond acceptors (Lipinski definition) is 6. The average molecular weight is 425 g/mol. The van der Waals surface area contributed by atoms with Crippen molar-refractivity contribution in [3.05, 3.63) is 75.7 Å². The first-order chi connectivity index (χ1) is 14.9. The van der Waals surface area contributed by atoms with Crippen LogP contribution in [-0.2, 0) is 9.59 Å². The Balaban J connectivity index is 1.81. The summed E-state index contributed by atoms with van der Waals surface area (Å²) in [6.07, 6.45) is 1.55. The van der Waals surface area contributed by atoms with Gasteiger partial charge in [-0.3, -0.25) is 19.7 Å². The molecule has 0 spiro atoms. The van der Waals surface area contributed by atoms with E-state index in [1.165, 1.54) is 42.5 Å². The lowest BCUT2D eigenvalue weighted by Crippen LogP contribution is -2.40. The summed E-state index contributed by atoms with van der Waals surface area (Å²) >= 11 is 0. The predicted octanol–water partition coefficient (Wildman–Crippen LogP) is 2.72. The molecule has 2 aliphatic heterocycles. The summed E-state index contributed by atoms with van der Waals surface area (Å²) in [4.78, 5) is 39.9. The van der Waals surface area contributed by atoms with Crippen molar-refractivity contribution in [3.8, 4) is 0 Å². The van der Waals surface area contributed by atoms with E-state index < -0.39 is 22.6 Å². The van der Waals surface area contributed by atoms with Crippen molar-refractivity contribution >= 4 is 28.8 Å². The third-order valence-electron chi connectivity index (χ3n) is 5.59. The number of carbonyl (C=O) groups is 2. The molecule has 0 aromatic heterocycles. The Kier molecular flexibility index (Phi) is 5.51. The van der Waals surface area contributed by atoms with E-state index in [9.17, 15) is 29.2 Å². The zero-order valence-corrected chi connectivity index (χ0v) is 16.5. The van der Waals surface area contributed by atoms with E-state index in [-0.39, 0.29) is 35.2 Å². The minimum absolute atomic E-state index is 0.0353. The Bertz CT molecular complexity index is 1080. The molecule has 2 aromatic carbocycles. The molecule has 9 heteroatoms. The molecule has 4 rings (SSSR count). The lowest BCUT2D eigenvalue weighted by atomic mass is 9.97. The third kappa shape index (κ3) is 3.79. The van der Waals surface area contributed by atoms with Crippen LogP contribution in [0.5, 0.6) is 0 Å². The van der Waals surface area contributed by atoms with E-state index in [0.29, 0.717) is 18.7 Å². The molecule has 1 atom stereocenters. The van der Waals surface area contributed by atoms with Crippen LogP contribution in [0.3, 0.4) is 0 Å². The molecule has 2 aliphatic rings. The van der Waals surface area contributed by atoms with Crippen molar-refractivity contribution in [1.82, 2.24) is 4.90 Å². The number of halogens is 1. The summed E-state index contributed by atoms with van der Waals surface area (Å²) < 4.78 is 13.8. The first kappa shape index (κ1) is 20.7. The number of anilines is 1. The second-order valence-corrected chi connectivity index (χ2v) is 7.59. The summed E-state index contributed by atoms with van der Waals surface area (Å²) in [5.74, 6) is -1.82. The van der Waals surface area contributed by atoms with Crippen LogP contribution in [0.15, 0.2) is 54.2 Å². The highest BCUT2D eigenvalue weighted by molar-refractivity contribution is 6.45. The summed E-state index contributed by atoms with van der Waals surface area (Å²) in [6, 6.07) is 10.6. The maximum absolute atomic E-state index is 13.8. The maximum atomic E-state index is 13.8. The fraction of sp³-hybridized carbons (Fsp3) is 0.273. The second kappa shape index (κ2) is 8.27. The molecular formula is C22H20FN3O5. The van der Waals surface area contributed by atoms with Gasteiger partial charge in [-0.15, -0.1) is 0 Å². The minimum Gasteiger partial charge on any atom is -0.396 e. The first-order valence-electron chi connectivity index (χ1n) is 9.90. The molecule has 8 nitrogen and oxygen atoms in total. The fourth-order valence-corrected chi connectivity index (χ4v) is 4.09. The number of carbonyl (C=O) groups excluding carboxylic acids is 2. The van der Waals surface area contributed by atoms with Crippen molar-refractivity contribution in [2.75, 3.05) is 24.6 Å². The quantitative estimate of drug-likeness (QED) is 0.449. The Labute approximate surface area is 177 Å². The number of amides is 2. The van der Waals surface area contributed by atoms with Crippen molar-refractivity contribution in [2.24, 2.45) is 5.92 Å². The number of piperidine rings is 1. The smallest absolute Gasteiger partial charge is 0.282 e. The number of likely N-dealkylation sites (tertiary alicyclic amines) is 1. The monoisotopic (exact) mass is 425 g/mol. The molecule has 1 fully saturated rings. The first-order valence-corrected chi connectivity index (χ1v) is 9.90. The number of imide groups is 1. The molecule has 160 valence electrons. The third-order valence-corrected chi connectivity index (χ3v) is 5.59. The molecule has 1 saturated heterocycles. The standard InChI is InChI=1S/C22H20FN3O5/c23-16-4-1-5-18(11-16)25-21(28)19(15-6-8-17(9-7-15)26(30)31)20(22(25)29)24-10-2-3-14(12-24)13-27/h1,4-9,11,14,27H,2-3,10,12-13H2. The molecule has 0 radical (unpaired) electrons. The Morgan fingerprint density at radius 3 is 2.52 bits per heavy atom. The van der Waals surface area contributed by atoms with Gasteiger partial charge in [0, 0.05) is 31.8 Å². The molecule has 1 N–H and O–H groups in total. The number of nitrogens with zero attached hydrogens (tertiary/aromatic N) is 3. The molecular weight excluding hydrogens is 405 g/mol. The van der Waals surface area contributed by atoms with Gasteiger partial charge in [0.15, 0.2) is 0 Å². The molecule has 2 heterocycles. The minimum atomic E-state index is -0.620. The Morgan fingerprint density at radius 2 is 1.87 bits per heavy atom. The van der Waals surface area contributed by atoms with Gasteiger partial charge in [-0.25, -0.2) is 9.29 Å². The van der Waals surface area contributed by atoms with Gasteiger partial charge in [0.05, 0.1) is 16.2 Å². The van der Waals surface area contributed by atoms with Crippen LogP contribution < -0.4 is 4.90 Å². The van der Waals surface area contributed by atoms with Crippen LogP contribution in [0.2, 0.25) is 0 Å². The largest absolute Gasteiger partial charge is 0.396 e. The van der Waals surface area contributed by atoms with E-state index in [4.69, 9.17) is 0 Å². The number of benzene rings is 2. The van der Waals surface area contributed by atoms with E-state index in [1.807, 2.05) is 0 Å². The van der Waals surface area contributed by atoms with Crippen LogP contribution >= 0.6 is 0 Å². The van der Waals surface area contributed by atoms with Crippen LogP contribution in [-0.4, -0.2) is 46.4 Å². The van der Waals surface area contributed by atoms with E-state index in [2.05, 4.69) is 0 Å². The maximum Gasteiger partial charge on any atom is 0.282 e.